The lowest BCUT2D eigenvalue weighted by atomic mass is 9.95. The highest BCUT2D eigenvalue weighted by atomic mass is 19.1. The number of esters is 1. The molecule has 0 heterocycles. The maximum atomic E-state index is 13.6. The molecule has 2 aromatic carbocycles. The van der Waals surface area contributed by atoms with E-state index in [1.165, 1.54) is 23.8 Å². The first-order valence-corrected chi connectivity index (χ1v) is 9.88. The molecule has 0 spiro atoms. The normalized spacial score (nSPS) is 11.6. The molecule has 0 radical (unpaired) electrons. The fourth-order valence-corrected chi connectivity index (χ4v) is 2.90. The van der Waals surface area contributed by atoms with E-state index in [4.69, 9.17) is 4.74 Å². The highest BCUT2D eigenvalue weighted by Crippen LogP contribution is 2.22. The first kappa shape index (κ1) is 23.1. The number of halogens is 1. The molecule has 0 aliphatic heterocycles. The predicted molar refractivity (Wildman–Crippen MR) is 111 cm³/mol. The lowest BCUT2D eigenvalue weighted by molar-refractivity contribution is -0.147. The molecule has 1 atom stereocenters. The van der Waals surface area contributed by atoms with Crippen molar-refractivity contribution in [1.29, 1.82) is 0 Å². The van der Waals surface area contributed by atoms with E-state index >= 15 is 0 Å². The third-order valence-corrected chi connectivity index (χ3v) is 4.61. The molecule has 0 saturated carbocycles. The quantitative estimate of drug-likeness (QED) is 0.618. The Morgan fingerprint density at radius 3 is 2.30 bits per heavy atom. The second kappa shape index (κ2) is 11.1. The molecular weight excluding hydrogens is 387 g/mol. The monoisotopic (exact) mass is 414 g/mol. The minimum Gasteiger partial charge on any atom is -0.454 e. The average Bonchev–Trinajstić information content (AvgIpc) is 2.74. The zero-order chi connectivity index (χ0) is 22.1. The fraction of sp³-hybridized carbons (Fsp3) is 0.348. The van der Waals surface area contributed by atoms with Crippen LogP contribution in [-0.4, -0.2) is 30.9 Å². The molecule has 0 saturated heterocycles. The number of carbonyl (C=O) groups excluding carboxylic acids is 3. The Labute approximate surface area is 175 Å². The average molecular weight is 414 g/mol. The van der Waals surface area contributed by atoms with Crippen LogP contribution in [0.1, 0.15) is 48.3 Å². The summed E-state index contributed by atoms with van der Waals surface area (Å²) in [6, 6.07) is 13.2. The standard InChI is InChI=1S/C23H27FN2O4/c1-4-16-9-11-17(12-10-16)22(15(2)3)26-20(27)14-30-21(28)13-25-23(29)18-7-5-6-8-19(18)24/h5-12,15,22H,4,13-14H2,1-3H3,(H,25,29)(H,26,27)/t22-/m0/s1. The van der Waals surface area contributed by atoms with E-state index in [1.807, 2.05) is 38.1 Å². The van der Waals surface area contributed by atoms with Crippen molar-refractivity contribution in [3.63, 3.8) is 0 Å². The third kappa shape index (κ3) is 6.69. The number of hydrogen-bond acceptors (Lipinski definition) is 4. The fourth-order valence-electron chi connectivity index (χ4n) is 2.90. The summed E-state index contributed by atoms with van der Waals surface area (Å²) < 4.78 is 18.5. The molecule has 0 aromatic heterocycles. The van der Waals surface area contributed by atoms with Crippen molar-refractivity contribution in [3.05, 3.63) is 71.0 Å². The summed E-state index contributed by atoms with van der Waals surface area (Å²) in [7, 11) is 0. The van der Waals surface area contributed by atoms with E-state index in [-0.39, 0.29) is 17.5 Å². The van der Waals surface area contributed by atoms with Crippen LogP contribution in [0.2, 0.25) is 0 Å². The van der Waals surface area contributed by atoms with Gasteiger partial charge < -0.3 is 15.4 Å². The number of ether oxygens (including phenoxy) is 1. The second-order valence-electron chi connectivity index (χ2n) is 7.21. The smallest absolute Gasteiger partial charge is 0.325 e. The molecule has 0 fully saturated rings. The molecule has 2 aromatic rings. The summed E-state index contributed by atoms with van der Waals surface area (Å²) in [4.78, 5) is 35.9. The minimum atomic E-state index is -0.789. The predicted octanol–water partition coefficient (Wildman–Crippen LogP) is 3.17. The number of nitrogens with one attached hydrogen (secondary N) is 2. The summed E-state index contributed by atoms with van der Waals surface area (Å²) in [6.45, 7) is 5.12. The molecule has 0 aliphatic carbocycles. The molecule has 2 rings (SSSR count). The van der Waals surface area contributed by atoms with Gasteiger partial charge in [0.25, 0.3) is 11.8 Å². The van der Waals surface area contributed by atoms with Crippen molar-refractivity contribution in [1.82, 2.24) is 10.6 Å². The van der Waals surface area contributed by atoms with Gasteiger partial charge in [0.15, 0.2) is 6.61 Å². The molecule has 0 bridgehead atoms. The van der Waals surface area contributed by atoms with Crippen LogP contribution in [0.5, 0.6) is 0 Å². The number of aryl methyl sites for hydroxylation is 1. The van der Waals surface area contributed by atoms with Gasteiger partial charge in [-0.2, -0.15) is 0 Å². The van der Waals surface area contributed by atoms with Crippen LogP contribution in [0.25, 0.3) is 0 Å². The van der Waals surface area contributed by atoms with E-state index in [0.717, 1.165) is 18.1 Å². The van der Waals surface area contributed by atoms with Crippen LogP contribution >= 0.6 is 0 Å². The zero-order valence-electron chi connectivity index (χ0n) is 17.4. The summed E-state index contributed by atoms with van der Waals surface area (Å²) in [5, 5.41) is 5.14. The van der Waals surface area contributed by atoms with E-state index < -0.39 is 36.8 Å². The molecule has 2 amide bonds. The SMILES string of the molecule is CCc1ccc([C@@H](NC(=O)COC(=O)CNC(=O)c2ccccc2F)C(C)C)cc1. The van der Waals surface area contributed by atoms with Crippen molar-refractivity contribution in [2.24, 2.45) is 5.92 Å². The van der Waals surface area contributed by atoms with Crippen LogP contribution < -0.4 is 10.6 Å². The van der Waals surface area contributed by atoms with Gasteiger partial charge >= 0.3 is 5.97 Å². The lowest BCUT2D eigenvalue weighted by Gasteiger charge is -2.23. The third-order valence-electron chi connectivity index (χ3n) is 4.61. The Balaban J connectivity index is 1.82. The van der Waals surface area contributed by atoms with Gasteiger partial charge in [0, 0.05) is 0 Å². The number of benzene rings is 2. The number of amides is 2. The van der Waals surface area contributed by atoms with Crippen LogP contribution in [-0.2, 0) is 20.7 Å². The van der Waals surface area contributed by atoms with Gasteiger partial charge in [-0.3, -0.25) is 14.4 Å². The Bertz CT molecular complexity index is 881. The van der Waals surface area contributed by atoms with Gasteiger partial charge in [0.1, 0.15) is 12.4 Å². The molecule has 7 heteroatoms. The summed E-state index contributed by atoms with van der Waals surface area (Å²) in [5.41, 5.74) is 2.01. The van der Waals surface area contributed by atoms with Crippen molar-refractivity contribution < 1.29 is 23.5 Å². The Morgan fingerprint density at radius 1 is 1.03 bits per heavy atom. The second-order valence-corrected chi connectivity index (χ2v) is 7.21. The molecular formula is C23H27FN2O4. The molecule has 6 nitrogen and oxygen atoms in total. The van der Waals surface area contributed by atoms with E-state index in [2.05, 4.69) is 17.6 Å². The number of carbonyl (C=O) groups is 3. The highest BCUT2D eigenvalue weighted by Gasteiger charge is 2.19. The molecule has 0 unspecified atom stereocenters. The van der Waals surface area contributed by atoms with Gasteiger partial charge in [-0.15, -0.1) is 0 Å². The Kier molecular flexibility index (Phi) is 8.53. The van der Waals surface area contributed by atoms with E-state index in [9.17, 15) is 18.8 Å². The van der Waals surface area contributed by atoms with Gasteiger partial charge in [-0.1, -0.05) is 57.2 Å². The minimum absolute atomic E-state index is 0.136. The maximum Gasteiger partial charge on any atom is 0.325 e. The number of hydrogen-bond donors (Lipinski definition) is 2. The molecule has 30 heavy (non-hydrogen) atoms. The summed E-state index contributed by atoms with van der Waals surface area (Å²) in [6.07, 6.45) is 0.933. The zero-order valence-corrected chi connectivity index (χ0v) is 17.4. The van der Waals surface area contributed by atoms with Crippen LogP contribution in [0.3, 0.4) is 0 Å². The van der Waals surface area contributed by atoms with Gasteiger partial charge in [0.05, 0.1) is 11.6 Å². The first-order chi connectivity index (χ1) is 14.3. The van der Waals surface area contributed by atoms with Crippen molar-refractivity contribution in [2.45, 2.75) is 33.2 Å². The van der Waals surface area contributed by atoms with Crippen LogP contribution in [0.15, 0.2) is 48.5 Å². The van der Waals surface area contributed by atoms with Gasteiger partial charge in [-0.25, -0.2) is 4.39 Å². The summed E-state index contributed by atoms with van der Waals surface area (Å²) in [5.74, 6) is -2.51. The Hall–Kier alpha value is -3.22. The van der Waals surface area contributed by atoms with Gasteiger partial charge in [-0.05, 0) is 35.6 Å². The lowest BCUT2D eigenvalue weighted by Crippen LogP contribution is -2.37. The molecule has 160 valence electrons. The van der Waals surface area contributed by atoms with Crippen LogP contribution in [0, 0.1) is 11.7 Å². The van der Waals surface area contributed by atoms with E-state index in [0.29, 0.717) is 0 Å². The largest absolute Gasteiger partial charge is 0.454 e. The first-order valence-electron chi connectivity index (χ1n) is 9.88. The topological polar surface area (TPSA) is 84.5 Å². The highest BCUT2D eigenvalue weighted by molar-refractivity contribution is 5.96. The molecule has 2 N–H and O–H groups in total. The maximum absolute atomic E-state index is 13.6. The van der Waals surface area contributed by atoms with Crippen molar-refractivity contribution >= 4 is 17.8 Å². The van der Waals surface area contributed by atoms with Gasteiger partial charge in [0.2, 0.25) is 0 Å². The Morgan fingerprint density at radius 2 is 1.70 bits per heavy atom. The molecule has 0 aliphatic rings. The number of rotatable bonds is 9. The van der Waals surface area contributed by atoms with Crippen LogP contribution in [0.4, 0.5) is 4.39 Å². The summed E-state index contributed by atoms with van der Waals surface area (Å²) >= 11 is 0. The van der Waals surface area contributed by atoms with Crippen molar-refractivity contribution in [3.8, 4) is 0 Å². The van der Waals surface area contributed by atoms with Crippen molar-refractivity contribution in [2.75, 3.05) is 13.2 Å². The van der Waals surface area contributed by atoms with E-state index in [1.54, 1.807) is 0 Å².